The van der Waals surface area contributed by atoms with Crippen molar-refractivity contribution in [1.82, 2.24) is 10.2 Å². The van der Waals surface area contributed by atoms with E-state index in [-0.39, 0.29) is 0 Å². The predicted octanol–water partition coefficient (Wildman–Crippen LogP) is 2.17. The van der Waals surface area contributed by atoms with Gasteiger partial charge in [0.15, 0.2) is 0 Å². The lowest BCUT2D eigenvalue weighted by Crippen LogP contribution is -2.41. The number of nitrogens with one attached hydrogen (secondary N) is 1. The smallest absolute Gasteiger partial charge is 0.227 e. The molecule has 3 aliphatic rings. The molecule has 0 unspecified atom stereocenters. The molecule has 3 nitrogen and oxygen atoms in total. The van der Waals surface area contributed by atoms with Crippen LogP contribution in [0.1, 0.15) is 39.5 Å². The van der Waals surface area contributed by atoms with Gasteiger partial charge in [-0.25, -0.2) is 0 Å². The van der Waals surface area contributed by atoms with Gasteiger partial charge in [-0.1, -0.05) is 19.9 Å². The van der Waals surface area contributed by atoms with Crippen LogP contribution in [0.15, 0.2) is 23.0 Å². The van der Waals surface area contributed by atoms with E-state index in [0.717, 1.165) is 13.0 Å². The number of hydrogen-bond donors (Lipinski definition) is 1. The lowest BCUT2D eigenvalue weighted by atomic mass is 9.91. The van der Waals surface area contributed by atoms with E-state index in [2.05, 4.69) is 30.1 Å². The number of carbonyl (C=O) groups is 1. The first-order valence-electron chi connectivity index (χ1n) is 6.68. The normalized spacial score (nSPS) is 24.8. The Balaban J connectivity index is 2.02. The van der Waals surface area contributed by atoms with Crippen molar-refractivity contribution >= 4 is 5.91 Å². The lowest BCUT2D eigenvalue weighted by molar-refractivity contribution is -0.130. The van der Waals surface area contributed by atoms with E-state index in [1.54, 1.807) is 0 Å². The second-order valence-electron chi connectivity index (χ2n) is 5.52. The fourth-order valence-corrected chi connectivity index (χ4v) is 2.84. The number of nitrogens with zero attached hydrogens (tertiary/aromatic N) is 1. The Bertz CT molecular complexity index is 416. The van der Waals surface area contributed by atoms with Crippen LogP contribution in [0.4, 0.5) is 0 Å². The van der Waals surface area contributed by atoms with E-state index >= 15 is 0 Å². The van der Waals surface area contributed by atoms with Crippen molar-refractivity contribution < 1.29 is 4.79 Å². The van der Waals surface area contributed by atoms with Crippen molar-refractivity contribution in [3.63, 3.8) is 0 Å². The molecule has 1 amide bonds. The van der Waals surface area contributed by atoms with Crippen LogP contribution in [-0.2, 0) is 4.79 Å². The lowest BCUT2D eigenvalue weighted by Gasteiger charge is -2.37. The number of rotatable bonds is 2. The highest BCUT2D eigenvalue weighted by atomic mass is 16.2. The van der Waals surface area contributed by atoms with Crippen molar-refractivity contribution in [3.05, 3.63) is 23.0 Å². The molecule has 17 heavy (non-hydrogen) atoms. The van der Waals surface area contributed by atoms with Gasteiger partial charge >= 0.3 is 0 Å². The topological polar surface area (TPSA) is 32.3 Å². The van der Waals surface area contributed by atoms with Crippen LogP contribution >= 0.6 is 0 Å². The summed E-state index contributed by atoms with van der Waals surface area (Å²) in [5.74, 6) is 0.816. The van der Waals surface area contributed by atoms with E-state index in [0.29, 0.717) is 24.3 Å². The average molecular weight is 232 g/mol. The second kappa shape index (κ2) is 3.90. The van der Waals surface area contributed by atoms with Crippen molar-refractivity contribution in [1.29, 1.82) is 0 Å². The van der Waals surface area contributed by atoms with Gasteiger partial charge in [-0.3, -0.25) is 4.79 Å². The van der Waals surface area contributed by atoms with Crippen molar-refractivity contribution in [3.8, 4) is 0 Å². The Morgan fingerprint density at radius 1 is 1.35 bits per heavy atom. The Morgan fingerprint density at radius 3 is 2.76 bits per heavy atom. The predicted molar refractivity (Wildman–Crippen MR) is 67.1 cm³/mol. The van der Waals surface area contributed by atoms with E-state index in [4.69, 9.17) is 0 Å². The second-order valence-corrected chi connectivity index (χ2v) is 5.52. The van der Waals surface area contributed by atoms with Crippen LogP contribution < -0.4 is 5.32 Å². The van der Waals surface area contributed by atoms with E-state index in [1.807, 2.05) is 0 Å². The van der Waals surface area contributed by atoms with Crippen LogP contribution in [0.25, 0.3) is 0 Å². The summed E-state index contributed by atoms with van der Waals surface area (Å²) in [5.41, 5.74) is 3.87. The molecule has 2 heterocycles. The molecular weight excluding hydrogens is 212 g/mol. The molecule has 0 spiro atoms. The van der Waals surface area contributed by atoms with Crippen molar-refractivity contribution in [2.45, 2.75) is 45.6 Å². The number of allylic oxidation sites excluding steroid dienone is 2. The van der Waals surface area contributed by atoms with Crippen molar-refractivity contribution in [2.24, 2.45) is 5.92 Å². The molecule has 0 aromatic heterocycles. The van der Waals surface area contributed by atoms with Gasteiger partial charge in [-0.05, 0) is 30.8 Å². The minimum absolute atomic E-state index is 0.321. The van der Waals surface area contributed by atoms with Gasteiger partial charge in [0.05, 0.1) is 5.70 Å². The highest BCUT2D eigenvalue weighted by Gasteiger charge is 2.40. The molecule has 1 fully saturated rings. The molecule has 1 saturated carbocycles. The van der Waals surface area contributed by atoms with E-state index in [1.165, 1.54) is 29.8 Å². The van der Waals surface area contributed by atoms with Gasteiger partial charge < -0.3 is 10.2 Å². The Morgan fingerprint density at radius 2 is 2.12 bits per heavy atom. The summed E-state index contributed by atoms with van der Waals surface area (Å²) in [4.78, 5) is 14.2. The summed E-state index contributed by atoms with van der Waals surface area (Å²) in [6, 6.07) is 0.481. The van der Waals surface area contributed by atoms with Gasteiger partial charge in [-0.2, -0.15) is 0 Å². The van der Waals surface area contributed by atoms with Gasteiger partial charge in [0, 0.05) is 24.7 Å². The minimum Gasteiger partial charge on any atom is -0.383 e. The molecule has 0 aromatic carbocycles. The molecule has 0 radical (unpaired) electrons. The van der Waals surface area contributed by atoms with Gasteiger partial charge in [0.2, 0.25) is 5.91 Å². The molecule has 3 rings (SSSR count). The summed E-state index contributed by atoms with van der Waals surface area (Å²) in [5, 5.41) is 3.45. The maximum absolute atomic E-state index is 12.1. The number of dihydropyridines is 1. The molecule has 0 aromatic rings. The summed E-state index contributed by atoms with van der Waals surface area (Å²) < 4.78 is 0. The molecular formula is C14H20N2O. The Labute approximate surface area is 103 Å². The third-order valence-electron chi connectivity index (χ3n) is 3.83. The molecule has 0 atom stereocenters. The summed E-state index contributed by atoms with van der Waals surface area (Å²) in [7, 11) is 0. The first kappa shape index (κ1) is 10.9. The highest BCUT2D eigenvalue weighted by molar-refractivity contribution is 5.82. The highest BCUT2D eigenvalue weighted by Crippen LogP contribution is 2.40. The quantitative estimate of drug-likeness (QED) is 0.791. The first-order chi connectivity index (χ1) is 8.18. The van der Waals surface area contributed by atoms with Crippen LogP contribution in [-0.4, -0.2) is 23.4 Å². The molecule has 2 aliphatic heterocycles. The minimum atomic E-state index is 0.321. The fourth-order valence-electron chi connectivity index (χ4n) is 2.84. The SMILES string of the molecule is CC(C)C1=CCNC2=C1N(C1CC1)C(=O)CC2. The van der Waals surface area contributed by atoms with E-state index in [9.17, 15) is 4.79 Å². The van der Waals surface area contributed by atoms with Gasteiger partial charge in [0.25, 0.3) is 0 Å². The first-order valence-corrected chi connectivity index (χ1v) is 6.68. The number of carbonyl (C=O) groups excluding carboxylic acids is 1. The van der Waals surface area contributed by atoms with Gasteiger partial charge in [-0.15, -0.1) is 0 Å². The summed E-state index contributed by atoms with van der Waals surface area (Å²) >= 11 is 0. The van der Waals surface area contributed by atoms with Crippen molar-refractivity contribution in [2.75, 3.05) is 6.54 Å². The molecule has 1 aliphatic carbocycles. The number of hydrogen-bond acceptors (Lipinski definition) is 2. The van der Waals surface area contributed by atoms with Gasteiger partial charge in [0.1, 0.15) is 0 Å². The van der Waals surface area contributed by atoms with Crippen LogP contribution in [0, 0.1) is 5.92 Å². The summed E-state index contributed by atoms with van der Waals surface area (Å²) in [6.07, 6.45) is 6.16. The zero-order chi connectivity index (χ0) is 12.0. The molecule has 0 saturated heterocycles. The third kappa shape index (κ3) is 1.78. The number of amides is 1. The Kier molecular flexibility index (Phi) is 2.49. The zero-order valence-corrected chi connectivity index (χ0v) is 10.6. The monoisotopic (exact) mass is 232 g/mol. The fraction of sp³-hybridized carbons (Fsp3) is 0.643. The largest absolute Gasteiger partial charge is 0.383 e. The standard InChI is InChI=1S/C14H20N2O/c1-9(2)11-7-8-15-12-5-6-13(17)16(14(11)12)10-3-4-10/h7,9-10,15H,3-6,8H2,1-2H3. The van der Waals surface area contributed by atoms with Crippen LogP contribution in [0.2, 0.25) is 0 Å². The maximum atomic E-state index is 12.1. The Hall–Kier alpha value is -1.25. The molecule has 3 heteroatoms. The zero-order valence-electron chi connectivity index (χ0n) is 10.6. The van der Waals surface area contributed by atoms with Crippen LogP contribution in [0.5, 0.6) is 0 Å². The molecule has 92 valence electrons. The third-order valence-corrected chi connectivity index (χ3v) is 3.83. The molecule has 0 bridgehead atoms. The maximum Gasteiger partial charge on any atom is 0.227 e. The average Bonchev–Trinajstić information content (AvgIpc) is 3.12. The summed E-state index contributed by atoms with van der Waals surface area (Å²) in [6.45, 7) is 5.34. The molecule has 1 N–H and O–H groups in total. The van der Waals surface area contributed by atoms with E-state index < -0.39 is 0 Å². The van der Waals surface area contributed by atoms with Crippen LogP contribution in [0.3, 0.4) is 0 Å².